The first-order valence-corrected chi connectivity index (χ1v) is 5.21. The van der Waals surface area contributed by atoms with Gasteiger partial charge in [-0.3, -0.25) is 0 Å². The average molecular weight is 275 g/mol. The Hall–Kier alpha value is -0.0900. The SMILES string of the molecule is CC(C)c1ccc(I)cc1CN. The zero-order chi connectivity index (χ0) is 9.14. The lowest BCUT2D eigenvalue weighted by atomic mass is 9.97. The summed E-state index contributed by atoms with van der Waals surface area (Å²) >= 11 is 2.31. The van der Waals surface area contributed by atoms with Gasteiger partial charge in [0.15, 0.2) is 0 Å². The number of rotatable bonds is 2. The number of benzene rings is 1. The van der Waals surface area contributed by atoms with Gasteiger partial charge < -0.3 is 5.73 Å². The molecule has 1 aromatic carbocycles. The third-order valence-electron chi connectivity index (χ3n) is 1.95. The van der Waals surface area contributed by atoms with E-state index in [-0.39, 0.29) is 0 Å². The molecular formula is C10H14IN. The molecule has 0 saturated heterocycles. The van der Waals surface area contributed by atoms with Crippen LogP contribution in [0.5, 0.6) is 0 Å². The van der Waals surface area contributed by atoms with Gasteiger partial charge in [0.25, 0.3) is 0 Å². The van der Waals surface area contributed by atoms with Gasteiger partial charge in [0.05, 0.1) is 0 Å². The lowest BCUT2D eigenvalue weighted by Crippen LogP contribution is -2.03. The number of halogens is 1. The summed E-state index contributed by atoms with van der Waals surface area (Å²) in [4.78, 5) is 0. The highest BCUT2D eigenvalue weighted by Crippen LogP contribution is 2.21. The first-order chi connectivity index (χ1) is 5.65. The predicted octanol–water partition coefficient (Wildman–Crippen LogP) is 2.87. The van der Waals surface area contributed by atoms with E-state index in [0.29, 0.717) is 12.5 Å². The summed E-state index contributed by atoms with van der Waals surface area (Å²) in [5, 5.41) is 0. The molecule has 1 aromatic rings. The normalized spacial score (nSPS) is 10.8. The zero-order valence-electron chi connectivity index (χ0n) is 7.47. The third-order valence-corrected chi connectivity index (χ3v) is 2.62. The Labute approximate surface area is 87.5 Å². The van der Waals surface area contributed by atoms with E-state index in [1.165, 1.54) is 14.7 Å². The molecule has 0 aromatic heterocycles. The summed E-state index contributed by atoms with van der Waals surface area (Å²) in [6.07, 6.45) is 0. The number of hydrogen-bond acceptors (Lipinski definition) is 1. The molecule has 0 heterocycles. The Balaban J connectivity index is 3.11. The van der Waals surface area contributed by atoms with Crippen LogP contribution in [0.4, 0.5) is 0 Å². The maximum absolute atomic E-state index is 5.65. The van der Waals surface area contributed by atoms with Crippen LogP contribution in [0.2, 0.25) is 0 Å². The van der Waals surface area contributed by atoms with Crippen LogP contribution in [-0.2, 0) is 6.54 Å². The minimum absolute atomic E-state index is 0.570. The van der Waals surface area contributed by atoms with Crippen molar-refractivity contribution < 1.29 is 0 Å². The van der Waals surface area contributed by atoms with Crippen LogP contribution in [0.3, 0.4) is 0 Å². The molecule has 0 spiro atoms. The molecule has 12 heavy (non-hydrogen) atoms. The monoisotopic (exact) mass is 275 g/mol. The topological polar surface area (TPSA) is 26.0 Å². The molecule has 1 nitrogen and oxygen atoms in total. The van der Waals surface area contributed by atoms with Crippen LogP contribution in [0, 0.1) is 3.57 Å². The quantitative estimate of drug-likeness (QED) is 0.825. The molecule has 0 fully saturated rings. The summed E-state index contributed by atoms with van der Waals surface area (Å²) < 4.78 is 1.26. The first-order valence-electron chi connectivity index (χ1n) is 4.13. The van der Waals surface area contributed by atoms with Crippen LogP contribution >= 0.6 is 22.6 Å². The Morgan fingerprint density at radius 3 is 2.58 bits per heavy atom. The highest BCUT2D eigenvalue weighted by Gasteiger charge is 2.04. The van der Waals surface area contributed by atoms with E-state index in [1.54, 1.807) is 0 Å². The van der Waals surface area contributed by atoms with Crippen molar-refractivity contribution in [3.8, 4) is 0 Å². The van der Waals surface area contributed by atoms with E-state index < -0.39 is 0 Å². The molecule has 0 radical (unpaired) electrons. The molecule has 1 rings (SSSR count). The fourth-order valence-corrected chi connectivity index (χ4v) is 1.87. The third kappa shape index (κ3) is 2.20. The van der Waals surface area contributed by atoms with Crippen LogP contribution in [0.25, 0.3) is 0 Å². The van der Waals surface area contributed by atoms with Gasteiger partial charge in [-0.2, -0.15) is 0 Å². The summed E-state index contributed by atoms with van der Waals surface area (Å²) in [7, 11) is 0. The maximum atomic E-state index is 5.65. The first kappa shape index (κ1) is 9.99. The summed E-state index contributed by atoms with van der Waals surface area (Å²) in [6, 6.07) is 6.47. The van der Waals surface area contributed by atoms with Gasteiger partial charge in [-0.05, 0) is 51.8 Å². The van der Waals surface area contributed by atoms with Gasteiger partial charge in [-0.25, -0.2) is 0 Å². The second-order valence-electron chi connectivity index (χ2n) is 3.20. The molecule has 0 atom stereocenters. The highest BCUT2D eigenvalue weighted by atomic mass is 127. The van der Waals surface area contributed by atoms with Crippen LogP contribution in [-0.4, -0.2) is 0 Å². The van der Waals surface area contributed by atoms with Crippen molar-refractivity contribution in [2.45, 2.75) is 26.3 Å². The van der Waals surface area contributed by atoms with Gasteiger partial charge in [0.1, 0.15) is 0 Å². The predicted molar refractivity (Wildman–Crippen MR) is 61.1 cm³/mol. The highest BCUT2D eigenvalue weighted by molar-refractivity contribution is 14.1. The molecule has 66 valence electrons. The summed E-state index contributed by atoms with van der Waals surface area (Å²) in [5.74, 6) is 0.570. The van der Waals surface area contributed by atoms with Crippen LogP contribution < -0.4 is 5.73 Å². The smallest absolute Gasteiger partial charge is 0.0181 e. The Kier molecular flexibility index (Phi) is 3.53. The van der Waals surface area contributed by atoms with Crippen LogP contribution in [0.1, 0.15) is 30.9 Å². The molecule has 0 aliphatic heterocycles. The second-order valence-corrected chi connectivity index (χ2v) is 4.45. The molecule has 2 N–H and O–H groups in total. The molecule has 0 bridgehead atoms. The van der Waals surface area contributed by atoms with Crippen molar-refractivity contribution in [1.82, 2.24) is 0 Å². The number of hydrogen-bond donors (Lipinski definition) is 1. The van der Waals surface area contributed by atoms with Gasteiger partial charge >= 0.3 is 0 Å². The van der Waals surface area contributed by atoms with Gasteiger partial charge in [0.2, 0.25) is 0 Å². The molecule has 0 aliphatic carbocycles. The molecular weight excluding hydrogens is 261 g/mol. The van der Waals surface area contributed by atoms with E-state index in [9.17, 15) is 0 Å². The van der Waals surface area contributed by atoms with Crippen LogP contribution in [0.15, 0.2) is 18.2 Å². The van der Waals surface area contributed by atoms with Crippen molar-refractivity contribution in [1.29, 1.82) is 0 Å². The standard InChI is InChI=1S/C10H14IN/c1-7(2)10-4-3-9(11)5-8(10)6-12/h3-5,7H,6,12H2,1-2H3. The minimum Gasteiger partial charge on any atom is -0.326 e. The van der Waals surface area contributed by atoms with Crippen molar-refractivity contribution in [2.75, 3.05) is 0 Å². The van der Waals surface area contributed by atoms with Gasteiger partial charge in [-0.1, -0.05) is 19.9 Å². The Morgan fingerprint density at radius 2 is 2.08 bits per heavy atom. The molecule has 0 saturated carbocycles. The van der Waals surface area contributed by atoms with E-state index in [2.05, 4.69) is 54.6 Å². The fourth-order valence-electron chi connectivity index (χ4n) is 1.31. The molecule has 0 aliphatic rings. The van der Waals surface area contributed by atoms with E-state index >= 15 is 0 Å². The zero-order valence-corrected chi connectivity index (χ0v) is 9.63. The molecule has 0 unspecified atom stereocenters. The lowest BCUT2D eigenvalue weighted by Gasteiger charge is -2.11. The van der Waals surface area contributed by atoms with E-state index in [1.807, 2.05) is 0 Å². The van der Waals surface area contributed by atoms with Gasteiger partial charge in [-0.15, -0.1) is 0 Å². The summed E-state index contributed by atoms with van der Waals surface area (Å²) in [6.45, 7) is 5.03. The Morgan fingerprint density at radius 1 is 1.42 bits per heavy atom. The van der Waals surface area contributed by atoms with Crippen molar-refractivity contribution in [3.05, 3.63) is 32.9 Å². The maximum Gasteiger partial charge on any atom is 0.0181 e. The molecule has 0 amide bonds. The number of nitrogens with two attached hydrogens (primary N) is 1. The average Bonchev–Trinajstić information content (AvgIpc) is 2.03. The van der Waals surface area contributed by atoms with E-state index in [4.69, 9.17) is 5.73 Å². The Bertz CT molecular complexity index is 269. The lowest BCUT2D eigenvalue weighted by molar-refractivity contribution is 0.839. The molecule has 2 heteroatoms. The summed E-state index contributed by atoms with van der Waals surface area (Å²) in [5.41, 5.74) is 8.30. The van der Waals surface area contributed by atoms with Gasteiger partial charge in [0, 0.05) is 10.1 Å². The minimum atomic E-state index is 0.570. The largest absolute Gasteiger partial charge is 0.326 e. The van der Waals surface area contributed by atoms with Crippen molar-refractivity contribution >= 4 is 22.6 Å². The fraction of sp³-hybridized carbons (Fsp3) is 0.400. The van der Waals surface area contributed by atoms with Crippen molar-refractivity contribution in [2.24, 2.45) is 5.73 Å². The van der Waals surface area contributed by atoms with Crippen molar-refractivity contribution in [3.63, 3.8) is 0 Å². The second kappa shape index (κ2) is 4.23. The van der Waals surface area contributed by atoms with E-state index in [0.717, 1.165) is 0 Å².